The minimum absolute atomic E-state index is 0.193. The molecule has 6 heteroatoms. The lowest BCUT2D eigenvalue weighted by atomic mass is 10.3. The van der Waals surface area contributed by atoms with Gasteiger partial charge in [0.1, 0.15) is 10.8 Å². The second-order valence-corrected chi connectivity index (χ2v) is 6.41. The van der Waals surface area contributed by atoms with Crippen LogP contribution in [0.25, 0.3) is 10.2 Å². The number of nitrogens with zero attached hydrogens (tertiary/aromatic N) is 2. The van der Waals surface area contributed by atoms with Crippen LogP contribution < -0.4 is 10.1 Å². The molecule has 24 heavy (non-hydrogen) atoms. The molecule has 1 N–H and O–H groups in total. The number of hydrogen-bond acceptors (Lipinski definition) is 4. The normalized spacial score (nSPS) is 10.6. The molecular weight excluding hydrogens is 322 g/mol. The van der Waals surface area contributed by atoms with Crippen molar-refractivity contribution < 1.29 is 9.53 Å². The van der Waals surface area contributed by atoms with Crippen LogP contribution in [0.2, 0.25) is 0 Å². The molecule has 5 nitrogen and oxygen atoms in total. The van der Waals surface area contributed by atoms with Gasteiger partial charge in [0.2, 0.25) is 0 Å². The highest BCUT2D eigenvalue weighted by molar-refractivity contribution is 7.18. The quantitative estimate of drug-likeness (QED) is 0.750. The van der Waals surface area contributed by atoms with Gasteiger partial charge in [-0.25, -0.2) is 9.78 Å². The zero-order chi connectivity index (χ0) is 16.9. The maximum atomic E-state index is 12.4. The van der Waals surface area contributed by atoms with Crippen LogP contribution in [-0.2, 0) is 6.54 Å². The first-order chi connectivity index (χ1) is 11.7. The summed E-state index contributed by atoms with van der Waals surface area (Å²) >= 11 is 1.60. The van der Waals surface area contributed by atoms with Crippen molar-refractivity contribution in [3.63, 3.8) is 0 Å². The Morgan fingerprint density at radius 1 is 1.21 bits per heavy atom. The van der Waals surface area contributed by atoms with Crippen molar-refractivity contribution in [3.8, 4) is 5.75 Å². The number of ether oxygens (including phenoxy) is 1. The lowest BCUT2D eigenvalue weighted by Gasteiger charge is -2.18. The van der Waals surface area contributed by atoms with E-state index in [1.165, 1.54) is 0 Å². The molecule has 2 aromatic carbocycles. The number of anilines is 1. The number of thiazole rings is 1. The van der Waals surface area contributed by atoms with Crippen molar-refractivity contribution in [1.82, 2.24) is 9.88 Å². The van der Waals surface area contributed by atoms with E-state index in [4.69, 9.17) is 4.74 Å². The van der Waals surface area contributed by atoms with Crippen molar-refractivity contribution in [2.75, 3.05) is 19.0 Å². The van der Waals surface area contributed by atoms with Crippen LogP contribution in [0.4, 0.5) is 10.5 Å². The average molecular weight is 341 g/mol. The summed E-state index contributed by atoms with van der Waals surface area (Å²) in [5.74, 6) is 0.668. The van der Waals surface area contributed by atoms with Crippen molar-refractivity contribution in [2.24, 2.45) is 0 Å². The van der Waals surface area contributed by atoms with Crippen LogP contribution in [0.15, 0.2) is 48.5 Å². The SMILES string of the molecule is CCOc1ccccc1NC(=O)N(C)Cc1nc2ccccc2s1. The molecule has 0 aliphatic heterocycles. The van der Waals surface area contributed by atoms with Crippen LogP contribution in [-0.4, -0.2) is 29.6 Å². The third-order valence-corrected chi connectivity index (χ3v) is 4.51. The van der Waals surface area contributed by atoms with Crippen molar-refractivity contribution >= 4 is 33.3 Å². The number of carbonyl (C=O) groups excluding carboxylic acids is 1. The molecule has 0 unspecified atom stereocenters. The van der Waals surface area contributed by atoms with E-state index in [1.807, 2.05) is 55.5 Å². The Balaban J connectivity index is 1.68. The fraction of sp³-hybridized carbons (Fsp3) is 0.222. The summed E-state index contributed by atoms with van der Waals surface area (Å²) in [5, 5.41) is 3.80. The molecule has 3 aromatic rings. The standard InChI is InChI=1S/C18H19N3O2S/c1-3-23-15-10-6-4-8-13(15)20-18(22)21(2)12-17-19-14-9-5-7-11-16(14)24-17/h4-11H,3,12H2,1-2H3,(H,20,22). The van der Waals surface area contributed by atoms with Crippen LogP contribution in [0.5, 0.6) is 5.75 Å². The second-order valence-electron chi connectivity index (χ2n) is 5.29. The molecule has 0 saturated heterocycles. The van der Waals surface area contributed by atoms with Gasteiger partial charge in [-0.2, -0.15) is 0 Å². The molecule has 3 rings (SSSR count). The number of amides is 2. The van der Waals surface area contributed by atoms with Gasteiger partial charge < -0.3 is 15.0 Å². The molecule has 0 spiro atoms. The Morgan fingerprint density at radius 3 is 2.75 bits per heavy atom. The molecule has 0 atom stereocenters. The van der Waals surface area contributed by atoms with Crippen molar-refractivity contribution in [3.05, 3.63) is 53.5 Å². The number of carbonyl (C=O) groups is 1. The smallest absolute Gasteiger partial charge is 0.322 e. The van der Waals surface area contributed by atoms with Crippen molar-refractivity contribution in [2.45, 2.75) is 13.5 Å². The third kappa shape index (κ3) is 3.65. The van der Waals surface area contributed by atoms with E-state index >= 15 is 0 Å². The summed E-state index contributed by atoms with van der Waals surface area (Å²) in [6.07, 6.45) is 0. The number of para-hydroxylation sites is 3. The first kappa shape index (κ1) is 16.3. The number of urea groups is 1. The van der Waals surface area contributed by atoms with E-state index < -0.39 is 0 Å². The van der Waals surface area contributed by atoms with Gasteiger partial charge in [0.05, 0.1) is 29.1 Å². The number of aromatic nitrogens is 1. The minimum Gasteiger partial charge on any atom is -0.492 e. The van der Waals surface area contributed by atoms with Crippen LogP contribution >= 0.6 is 11.3 Å². The maximum absolute atomic E-state index is 12.4. The summed E-state index contributed by atoms with van der Waals surface area (Å²) in [4.78, 5) is 18.6. The van der Waals surface area contributed by atoms with E-state index in [0.29, 0.717) is 24.6 Å². The molecule has 2 amide bonds. The van der Waals surface area contributed by atoms with Gasteiger partial charge in [-0.1, -0.05) is 24.3 Å². The zero-order valence-corrected chi connectivity index (χ0v) is 14.5. The topological polar surface area (TPSA) is 54.5 Å². The van der Waals surface area contributed by atoms with Crippen molar-refractivity contribution in [1.29, 1.82) is 0 Å². The van der Waals surface area contributed by atoms with Gasteiger partial charge in [-0.15, -0.1) is 11.3 Å². The lowest BCUT2D eigenvalue weighted by Crippen LogP contribution is -2.30. The molecule has 0 bridgehead atoms. The number of fused-ring (bicyclic) bond motifs is 1. The third-order valence-electron chi connectivity index (χ3n) is 3.49. The molecule has 0 aliphatic rings. The van der Waals surface area contributed by atoms with Crippen LogP contribution in [0.3, 0.4) is 0 Å². The predicted molar refractivity (Wildman–Crippen MR) is 97.7 cm³/mol. The van der Waals surface area contributed by atoms with Gasteiger partial charge in [0.25, 0.3) is 0 Å². The molecule has 0 radical (unpaired) electrons. The summed E-state index contributed by atoms with van der Waals surface area (Å²) in [7, 11) is 1.75. The number of nitrogens with one attached hydrogen (secondary N) is 1. The highest BCUT2D eigenvalue weighted by Gasteiger charge is 2.14. The molecule has 1 aromatic heterocycles. The zero-order valence-electron chi connectivity index (χ0n) is 13.7. The van der Waals surface area contributed by atoms with E-state index in [1.54, 1.807) is 23.3 Å². The summed E-state index contributed by atoms with van der Waals surface area (Å²) in [6, 6.07) is 15.2. The number of rotatable bonds is 5. The van der Waals surface area contributed by atoms with Crippen LogP contribution in [0.1, 0.15) is 11.9 Å². The highest BCUT2D eigenvalue weighted by atomic mass is 32.1. The van der Waals surface area contributed by atoms with E-state index in [0.717, 1.165) is 15.2 Å². The fourth-order valence-corrected chi connectivity index (χ4v) is 3.35. The molecule has 0 fully saturated rings. The maximum Gasteiger partial charge on any atom is 0.322 e. The first-order valence-electron chi connectivity index (χ1n) is 7.75. The number of benzene rings is 2. The Labute approximate surface area is 144 Å². The molecule has 124 valence electrons. The molecule has 0 saturated carbocycles. The Hall–Kier alpha value is -2.60. The lowest BCUT2D eigenvalue weighted by molar-refractivity contribution is 0.220. The van der Waals surface area contributed by atoms with E-state index in [9.17, 15) is 4.79 Å². The van der Waals surface area contributed by atoms with Crippen LogP contribution in [0, 0.1) is 0 Å². The molecule has 1 heterocycles. The first-order valence-corrected chi connectivity index (χ1v) is 8.57. The van der Waals surface area contributed by atoms with Gasteiger partial charge in [0.15, 0.2) is 0 Å². The molecule has 0 aliphatic carbocycles. The minimum atomic E-state index is -0.193. The summed E-state index contributed by atoms with van der Waals surface area (Å²) in [6.45, 7) is 2.92. The van der Waals surface area contributed by atoms with E-state index in [-0.39, 0.29) is 6.03 Å². The Bertz CT molecular complexity index is 814. The summed E-state index contributed by atoms with van der Waals surface area (Å²) in [5.41, 5.74) is 1.63. The fourth-order valence-electron chi connectivity index (χ4n) is 2.32. The summed E-state index contributed by atoms with van der Waals surface area (Å²) < 4.78 is 6.66. The predicted octanol–water partition coefficient (Wildman–Crippen LogP) is 4.36. The molecular formula is C18H19N3O2S. The highest BCUT2D eigenvalue weighted by Crippen LogP contribution is 2.25. The van der Waals surface area contributed by atoms with Gasteiger partial charge >= 0.3 is 6.03 Å². The Kier molecular flexibility index (Phi) is 4.96. The Morgan fingerprint density at radius 2 is 1.96 bits per heavy atom. The second kappa shape index (κ2) is 7.31. The number of hydrogen-bond donors (Lipinski definition) is 1. The van der Waals surface area contributed by atoms with Gasteiger partial charge in [0, 0.05) is 7.05 Å². The van der Waals surface area contributed by atoms with E-state index in [2.05, 4.69) is 10.3 Å². The average Bonchev–Trinajstić information content (AvgIpc) is 2.99. The largest absolute Gasteiger partial charge is 0.492 e. The van der Waals surface area contributed by atoms with Gasteiger partial charge in [-0.3, -0.25) is 0 Å². The monoisotopic (exact) mass is 341 g/mol. The van der Waals surface area contributed by atoms with Gasteiger partial charge in [-0.05, 0) is 31.2 Å².